The minimum absolute atomic E-state index is 0.437. The predicted octanol–water partition coefficient (Wildman–Crippen LogP) is 2.18. The third-order valence-corrected chi connectivity index (χ3v) is 1.39. The summed E-state index contributed by atoms with van der Waals surface area (Å²) >= 11 is 0. The second-order valence-corrected chi connectivity index (χ2v) is 2.25. The van der Waals surface area contributed by atoms with Crippen LogP contribution in [0.25, 0.3) is 0 Å². The van der Waals surface area contributed by atoms with Gasteiger partial charge in [-0.05, 0) is 0 Å². The molecule has 1 rings (SSSR count). The molecular formula is C7H4F3NO3. The number of rotatable bonds is 3. The number of nitro benzene ring substituents is 1. The Morgan fingerprint density at radius 2 is 1.86 bits per heavy atom. The van der Waals surface area contributed by atoms with E-state index in [0.717, 1.165) is 0 Å². The molecule has 0 heterocycles. The Hall–Kier alpha value is -1.79. The minimum atomic E-state index is -1.40. The van der Waals surface area contributed by atoms with Crippen LogP contribution >= 0.6 is 0 Å². The molecule has 0 radical (unpaired) electrons. The highest BCUT2D eigenvalue weighted by molar-refractivity contribution is 5.39. The Morgan fingerprint density at radius 1 is 1.36 bits per heavy atom. The molecule has 0 spiro atoms. The fourth-order valence-electron chi connectivity index (χ4n) is 0.863. The van der Waals surface area contributed by atoms with Crippen LogP contribution in [0, 0.1) is 21.7 Å². The lowest BCUT2D eigenvalue weighted by Crippen LogP contribution is -1.99. The van der Waals surface area contributed by atoms with Crippen molar-refractivity contribution < 1.29 is 22.8 Å². The van der Waals surface area contributed by atoms with E-state index in [-0.39, 0.29) is 0 Å². The predicted molar refractivity (Wildman–Crippen MR) is 39.6 cm³/mol. The van der Waals surface area contributed by atoms with Crippen molar-refractivity contribution in [3.63, 3.8) is 0 Å². The highest BCUT2D eigenvalue weighted by Gasteiger charge is 2.22. The van der Waals surface area contributed by atoms with E-state index in [1.165, 1.54) is 0 Å². The van der Waals surface area contributed by atoms with Crippen molar-refractivity contribution in [1.29, 1.82) is 0 Å². The van der Waals surface area contributed by atoms with Gasteiger partial charge in [0.1, 0.15) is 5.75 Å². The van der Waals surface area contributed by atoms with E-state index in [2.05, 4.69) is 4.74 Å². The second kappa shape index (κ2) is 3.95. The summed E-state index contributed by atoms with van der Waals surface area (Å²) in [7, 11) is 0. The number of hydrogen-bond acceptors (Lipinski definition) is 3. The van der Waals surface area contributed by atoms with Gasteiger partial charge in [-0.3, -0.25) is 10.1 Å². The summed E-state index contributed by atoms with van der Waals surface area (Å²) in [6.07, 6.45) is 0. The van der Waals surface area contributed by atoms with Gasteiger partial charge in [0.15, 0.2) is 0 Å². The van der Waals surface area contributed by atoms with Crippen LogP contribution in [0.3, 0.4) is 0 Å². The summed E-state index contributed by atoms with van der Waals surface area (Å²) in [4.78, 5) is 8.92. The lowest BCUT2D eigenvalue weighted by molar-refractivity contribution is -0.390. The van der Waals surface area contributed by atoms with Gasteiger partial charge in [0.2, 0.25) is 18.5 Å². The summed E-state index contributed by atoms with van der Waals surface area (Å²) in [6, 6.07) is 1.08. The van der Waals surface area contributed by atoms with Crippen molar-refractivity contribution in [2.45, 2.75) is 0 Å². The van der Waals surface area contributed by atoms with E-state index in [0.29, 0.717) is 12.1 Å². The Labute approximate surface area is 76.1 Å². The molecule has 0 atom stereocenters. The van der Waals surface area contributed by atoms with Gasteiger partial charge in [-0.15, -0.1) is 0 Å². The lowest BCUT2D eigenvalue weighted by atomic mass is 10.3. The van der Waals surface area contributed by atoms with Gasteiger partial charge < -0.3 is 4.74 Å². The van der Waals surface area contributed by atoms with Gasteiger partial charge in [0, 0.05) is 12.1 Å². The average molecular weight is 207 g/mol. The number of nitro groups is 1. The van der Waals surface area contributed by atoms with Crippen LogP contribution in [-0.4, -0.2) is 11.8 Å². The van der Waals surface area contributed by atoms with Crippen LogP contribution in [0.5, 0.6) is 5.75 Å². The highest BCUT2D eigenvalue weighted by atomic mass is 19.1. The van der Waals surface area contributed by atoms with Crippen LogP contribution in [0.15, 0.2) is 12.1 Å². The fraction of sp³-hybridized carbons (Fsp3) is 0.143. The van der Waals surface area contributed by atoms with Crippen LogP contribution in [0.4, 0.5) is 18.9 Å². The molecule has 7 heteroatoms. The molecule has 0 aromatic heterocycles. The number of halogens is 3. The highest BCUT2D eigenvalue weighted by Crippen LogP contribution is 2.26. The molecule has 0 unspecified atom stereocenters. The Bertz CT molecular complexity index is 346. The zero-order valence-electron chi connectivity index (χ0n) is 6.67. The SMILES string of the molecule is O=[N+]([O-])c1c(F)cc(OCF)cc1F. The van der Waals surface area contributed by atoms with Gasteiger partial charge in [0.25, 0.3) is 0 Å². The molecule has 0 aliphatic heterocycles. The molecule has 0 saturated heterocycles. The van der Waals surface area contributed by atoms with E-state index in [1.807, 2.05) is 0 Å². The van der Waals surface area contributed by atoms with Crippen molar-refractivity contribution in [3.8, 4) is 5.75 Å². The van der Waals surface area contributed by atoms with Gasteiger partial charge >= 0.3 is 5.69 Å². The molecule has 0 saturated carbocycles. The first-order valence-electron chi connectivity index (χ1n) is 3.38. The fourth-order valence-corrected chi connectivity index (χ4v) is 0.863. The molecular weight excluding hydrogens is 203 g/mol. The monoisotopic (exact) mass is 207 g/mol. The summed E-state index contributed by atoms with van der Waals surface area (Å²) in [6.45, 7) is -1.27. The van der Waals surface area contributed by atoms with E-state index in [1.54, 1.807) is 0 Å². The molecule has 0 bridgehead atoms. The van der Waals surface area contributed by atoms with Crippen LogP contribution in [0.1, 0.15) is 0 Å². The Kier molecular flexibility index (Phi) is 2.90. The van der Waals surface area contributed by atoms with Gasteiger partial charge in [-0.1, -0.05) is 0 Å². The van der Waals surface area contributed by atoms with Gasteiger partial charge in [0.05, 0.1) is 4.92 Å². The number of nitrogens with zero attached hydrogens (tertiary/aromatic N) is 1. The average Bonchev–Trinajstić information content (AvgIpc) is 2.01. The van der Waals surface area contributed by atoms with Crippen molar-refractivity contribution in [3.05, 3.63) is 33.9 Å². The number of benzene rings is 1. The number of hydrogen-bond donors (Lipinski definition) is 0. The van der Waals surface area contributed by atoms with Crippen molar-refractivity contribution in [2.75, 3.05) is 6.86 Å². The number of ether oxygens (including phenoxy) is 1. The minimum Gasteiger partial charge on any atom is -0.463 e. The molecule has 0 aliphatic rings. The maximum absolute atomic E-state index is 12.8. The zero-order valence-corrected chi connectivity index (χ0v) is 6.67. The van der Waals surface area contributed by atoms with E-state index < -0.39 is 34.9 Å². The van der Waals surface area contributed by atoms with Gasteiger partial charge in [-0.2, -0.15) is 8.78 Å². The normalized spacial score (nSPS) is 9.93. The van der Waals surface area contributed by atoms with Gasteiger partial charge in [-0.25, -0.2) is 4.39 Å². The molecule has 0 N–H and O–H groups in total. The quantitative estimate of drug-likeness (QED) is 0.563. The van der Waals surface area contributed by atoms with Crippen molar-refractivity contribution in [1.82, 2.24) is 0 Å². The summed E-state index contributed by atoms with van der Waals surface area (Å²) in [5, 5.41) is 10.1. The molecule has 4 nitrogen and oxygen atoms in total. The van der Waals surface area contributed by atoms with Crippen LogP contribution in [-0.2, 0) is 0 Å². The molecule has 1 aromatic carbocycles. The topological polar surface area (TPSA) is 52.4 Å². The van der Waals surface area contributed by atoms with Crippen molar-refractivity contribution in [2.24, 2.45) is 0 Å². The van der Waals surface area contributed by atoms with Crippen LogP contribution < -0.4 is 4.74 Å². The van der Waals surface area contributed by atoms with Crippen molar-refractivity contribution >= 4 is 5.69 Å². The number of alkyl halides is 1. The van der Waals surface area contributed by atoms with E-state index in [4.69, 9.17) is 0 Å². The third-order valence-electron chi connectivity index (χ3n) is 1.39. The van der Waals surface area contributed by atoms with Crippen LogP contribution in [0.2, 0.25) is 0 Å². The van der Waals surface area contributed by atoms with E-state index in [9.17, 15) is 23.3 Å². The second-order valence-electron chi connectivity index (χ2n) is 2.25. The molecule has 76 valence electrons. The third kappa shape index (κ3) is 1.93. The summed E-state index contributed by atoms with van der Waals surface area (Å²) in [5.41, 5.74) is -1.28. The summed E-state index contributed by atoms with van der Waals surface area (Å²) < 4.78 is 41.3. The Morgan fingerprint density at radius 3 is 2.21 bits per heavy atom. The smallest absolute Gasteiger partial charge is 0.340 e. The molecule has 0 amide bonds. The first-order valence-corrected chi connectivity index (χ1v) is 3.38. The molecule has 1 aromatic rings. The zero-order chi connectivity index (χ0) is 10.7. The maximum atomic E-state index is 12.8. The first kappa shape index (κ1) is 10.3. The van der Waals surface area contributed by atoms with E-state index >= 15 is 0 Å². The standard InChI is InChI=1S/C7H4F3NO3/c8-3-14-4-1-5(9)7(11(12)13)6(10)2-4/h1-2H,3H2. The molecule has 0 aliphatic carbocycles. The molecule has 14 heavy (non-hydrogen) atoms. The lowest BCUT2D eigenvalue weighted by Gasteiger charge is -2.01. The largest absolute Gasteiger partial charge is 0.463 e. The first-order chi connectivity index (χ1) is 6.56. The maximum Gasteiger partial charge on any atom is 0.340 e. The summed E-state index contributed by atoms with van der Waals surface area (Å²) in [5.74, 6) is -3.25. The molecule has 0 fully saturated rings. The Balaban J connectivity index is 3.18.